The molecule has 0 bridgehead atoms. The van der Waals surface area contributed by atoms with Crippen molar-refractivity contribution in [1.29, 1.82) is 0 Å². The number of hydrogen-bond donors (Lipinski definition) is 2. The summed E-state index contributed by atoms with van der Waals surface area (Å²) < 4.78 is 5.35. The largest absolute Gasteiger partial charge is 0.494 e. The van der Waals surface area contributed by atoms with Crippen LogP contribution >= 0.6 is 0 Å². The number of pyridine rings is 1. The number of hydrogen-bond acceptors (Lipinski definition) is 4. The molecule has 2 aromatic rings. The van der Waals surface area contributed by atoms with Crippen molar-refractivity contribution in [3.05, 3.63) is 54.4 Å². The van der Waals surface area contributed by atoms with Gasteiger partial charge in [-0.15, -0.1) is 0 Å². The Kier molecular flexibility index (Phi) is 5.72. The van der Waals surface area contributed by atoms with Crippen molar-refractivity contribution in [2.45, 2.75) is 13.5 Å². The van der Waals surface area contributed by atoms with E-state index in [1.165, 1.54) is 0 Å². The number of carbonyl (C=O) groups is 1. The molecule has 110 valence electrons. The summed E-state index contributed by atoms with van der Waals surface area (Å²) in [4.78, 5) is 15.7. The number of rotatable bonds is 7. The lowest BCUT2D eigenvalue weighted by Crippen LogP contribution is -2.27. The van der Waals surface area contributed by atoms with E-state index in [0.29, 0.717) is 13.2 Å². The molecular formula is C16H19N3O2. The van der Waals surface area contributed by atoms with Gasteiger partial charge in [-0.05, 0) is 48.9 Å². The predicted octanol–water partition coefficient (Wildman–Crippen LogP) is 2.21. The van der Waals surface area contributed by atoms with Gasteiger partial charge in [0.1, 0.15) is 5.75 Å². The van der Waals surface area contributed by atoms with Crippen molar-refractivity contribution < 1.29 is 9.53 Å². The van der Waals surface area contributed by atoms with Crippen LogP contribution in [-0.4, -0.2) is 24.0 Å². The van der Waals surface area contributed by atoms with Gasteiger partial charge in [-0.1, -0.05) is 0 Å². The normalized spacial score (nSPS) is 10.1. The summed E-state index contributed by atoms with van der Waals surface area (Å²) in [6.07, 6.45) is 3.47. The minimum absolute atomic E-state index is 0.0757. The molecule has 0 atom stereocenters. The number of anilines is 1. The van der Waals surface area contributed by atoms with Gasteiger partial charge in [0.05, 0.1) is 13.2 Å². The van der Waals surface area contributed by atoms with Crippen LogP contribution in [0.5, 0.6) is 5.75 Å². The lowest BCUT2D eigenvalue weighted by molar-refractivity contribution is -0.115. The van der Waals surface area contributed by atoms with Crippen LogP contribution in [0.25, 0.3) is 0 Å². The molecule has 0 aliphatic rings. The highest BCUT2D eigenvalue weighted by Crippen LogP contribution is 2.15. The summed E-state index contributed by atoms with van der Waals surface area (Å²) in [6.45, 7) is 3.46. The summed E-state index contributed by atoms with van der Waals surface area (Å²) in [6, 6.07) is 11.2. The van der Waals surface area contributed by atoms with E-state index in [1.807, 2.05) is 43.3 Å². The summed E-state index contributed by atoms with van der Waals surface area (Å²) in [5.74, 6) is 0.722. The molecular weight excluding hydrogens is 266 g/mol. The fraction of sp³-hybridized carbons (Fsp3) is 0.250. The standard InChI is InChI=1S/C16H19N3O2/c1-2-21-15-5-3-14(4-6-15)19-16(20)12-18-11-13-7-9-17-10-8-13/h3-10,18H,2,11-12H2,1H3,(H,19,20). The highest BCUT2D eigenvalue weighted by atomic mass is 16.5. The Morgan fingerprint density at radius 1 is 1.14 bits per heavy atom. The molecule has 1 aromatic heterocycles. The van der Waals surface area contributed by atoms with Gasteiger partial charge in [-0.2, -0.15) is 0 Å². The van der Waals surface area contributed by atoms with Crippen molar-refractivity contribution in [2.75, 3.05) is 18.5 Å². The highest BCUT2D eigenvalue weighted by molar-refractivity contribution is 5.92. The molecule has 0 aliphatic heterocycles. The van der Waals surface area contributed by atoms with Crippen molar-refractivity contribution in [3.63, 3.8) is 0 Å². The Morgan fingerprint density at radius 3 is 2.52 bits per heavy atom. The van der Waals surface area contributed by atoms with Crippen molar-refractivity contribution >= 4 is 11.6 Å². The number of carbonyl (C=O) groups excluding carboxylic acids is 1. The van der Waals surface area contributed by atoms with Crippen LogP contribution in [0.3, 0.4) is 0 Å². The molecule has 21 heavy (non-hydrogen) atoms. The molecule has 5 nitrogen and oxygen atoms in total. The van der Waals surface area contributed by atoms with Gasteiger partial charge in [-0.3, -0.25) is 9.78 Å². The number of amides is 1. The first-order chi connectivity index (χ1) is 10.3. The first kappa shape index (κ1) is 15.0. The molecule has 0 saturated heterocycles. The monoisotopic (exact) mass is 285 g/mol. The first-order valence-corrected chi connectivity index (χ1v) is 6.90. The van der Waals surface area contributed by atoms with Gasteiger partial charge in [0.15, 0.2) is 0 Å². The lowest BCUT2D eigenvalue weighted by Gasteiger charge is -2.08. The molecule has 2 N–H and O–H groups in total. The molecule has 0 unspecified atom stereocenters. The number of nitrogens with one attached hydrogen (secondary N) is 2. The molecule has 5 heteroatoms. The van der Waals surface area contributed by atoms with Gasteiger partial charge in [0.25, 0.3) is 0 Å². The number of aromatic nitrogens is 1. The van der Waals surface area contributed by atoms with E-state index in [-0.39, 0.29) is 12.5 Å². The van der Waals surface area contributed by atoms with Crippen LogP contribution in [0.4, 0.5) is 5.69 Å². The maximum absolute atomic E-state index is 11.8. The number of benzene rings is 1. The average Bonchev–Trinajstić information content (AvgIpc) is 2.51. The number of nitrogens with zero attached hydrogens (tertiary/aromatic N) is 1. The highest BCUT2D eigenvalue weighted by Gasteiger charge is 2.02. The zero-order valence-corrected chi connectivity index (χ0v) is 12.0. The third kappa shape index (κ3) is 5.24. The smallest absolute Gasteiger partial charge is 0.238 e. The maximum atomic E-state index is 11.8. The average molecular weight is 285 g/mol. The third-order valence-electron chi connectivity index (χ3n) is 2.81. The SMILES string of the molecule is CCOc1ccc(NC(=O)CNCc2ccncc2)cc1. The second-order valence-corrected chi connectivity index (χ2v) is 4.46. The van der Waals surface area contributed by atoms with E-state index in [0.717, 1.165) is 17.0 Å². The fourth-order valence-electron chi connectivity index (χ4n) is 1.83. The first-order valence-electron chi connectivity index (χ1n) is 6.90. The molecule has 1 amide bonds. The minimum atomic E-state index is -0.0757. The molecule has 1 heterocycles. The summed E-state index contributed by atoms with van der Waals surface area (Å²) >= 11 is 0. The third-order valence-corrected chi connectivity index (χ3v) is 2.81. The lowest BCUT2D eigenvalue weighted by atomic mass is 10.2. The van der Waals surface area contributed by atoms with Crippen LogP contribution in [0, 0.1) is 0 Å². The zero-order valence-electron chi connectivity index (χ0n) is 12.0. The molecule has 2 rings (SSSR count). The van der Waals surface area contributed by atoms with Crippen molar-refractivity contribution in [3.8, 4) is 5.75 Å². The summed E-state index contributed by atoms with van der Waals surface area (Å²) in [5, 5.41) is 5.92. The minimum Gasteiger partial charge on any atom is -0.494 e. The van der Waals surface area contributed by atoms with Crippen LogP contribution in [0.1, 0.15) is 12.5 Å². The number of ether oxygens (including phenoxy) is 1. The summed E-state index contributed by atoms with van der Waals surface area (Å²) in [7, 11) is 0. The van der Waals surface area contributed by atoms with Crippen LogP contribution in [-0.2, 0) is 11.3 Å². The van der Waals surface area contributed by atoms with E-state index in [9.17, 15) is 4.79 Å². The van der Waals surface area contributed by atoms with Gasteiger partial charge >= 0.3 is 0 Å². The maximum Gasteiger partial charge on any atom is 0.238 e. The summed E-state index contributed by atoms with van der Waals surface area (Å²) in [5.41, 5.74) is 1.85. The van der Waals surface area contributed by atoms with E-state index >= 15 is 0 Å². The Bertz CT molecular complexity index is 555. The van der Waals surface area contributed by atoms with Gasteiger partial charge < -0.3 is 15.4 Å². The molecule has 0 aliphatic carbocycles. The van der Waals surface area contributed by atoms with Crippen molar-refractivity contribution in [1.82, 2.24) is 10.3 Å². The van der Waals surface area contributed by atoms with E-state index < -0.39 is 0 Å². The van der Waals surface area contributed by atoms with Crippen LogP contribution in [0.15, 0.2) is 48.8 Å². The zero-order chi connectivity index (χ0) is 14.9. The fourth-order valence-corrected chi connectivity index (χ4v) is 1.83. The molecule has 0 radical (unpaired) electrons. The predicted molar refractivity (Wildman–Crippen MR) is 82.2 cm³/mol. The molecule has 0 fully saturated rings. The Labute approximate surface area is 124 Å². The Morgan fingerprint density at radius 2 is 1.86 bits per heavy atom. The van der Waals surface area contributed by atoms with Gasteiger partial charge in [-0.25, -0.2) is 0 Å². The van der Waals surface area contributed by atoms with Gasteiger partial charge in [0.2, 0.25) is 5.91 Å². The molecule has 0 saturated carbocycles. The Hall–Kier alpha value is -2.40. The van der Waals surface area contributed by atoms with Crippen LogP contribution < -0.4 is 15.4 Å². The van der Waals surface area contributed by atoms with Crippen molar-refractivity contribution in [2.24, 2.45) is 0 Å². The topological polar surface area (TPSA) is 63.2 Å². The van der Waals surface area contributed by atoms with Gasteiger partial charge in [0, 0.05) is 24.6 Å². The second-order valence-electron chi connectivity index (χ2n) is 4.46. The quantitative estimate of drug-likeness (QED) is 0.818. The second kappa shape index (κ2) is 8.01. The Balaban J connectivity index is 1.74. The van der Waals surface area contributed by atoms with Crippen LogP contribution in [0.2, 0.25) is 0 Å². The van der Waals surface area contributed by atoms with E-state index in [2.05, 4.69) is 15.6 Å². The molecule has 1 aromatic carbocycles. The molecule has 0 spiro atoms. The van der Waals surface area contributed by atoms with E-state index in [4.69, 9.17) is 4.74 Å². The van der Waals surface area contributed by atoms with E-state index in [1.54, 1.807) is 12.4 Å².